The molecule has 0 amide bonds. The summed E-state index contributed by atoms with van der Waals surface area (Å²) in [6.45, 7) is 2.13. The smallest absolute Gasteiger partial charge is 0.295 e. The van der Waals surface area contributed by atoms with Crippen molar-refractivity contribution in [2.75, 3.05) is 5.32 Å². The normalized spacial score (nSPS) is 12.5. The number of hydrogen-bond acceptors (Lipinski definition) is 3. The Morgan fingerprint density at radius 3 is 2.58 bits per heavy atom. The number of fused-ring (bicyclic) bond motifs is 1. The molecular weight excluding hydrogens is 236 g/mol. The Hall–Kier alpha value is -2.29. The first-order valence-electron chi connectivity index (χ1n) is 6.47. The van der Waals surface area contributed by atoms with Gasteiger partial charge >= 0.3 is 0 Å². The molecule has 19 heavy (non-hydrogen) atoms. The summed E-state index contributed by atoms with van der Waals surface area (Å²) in [5.41, 5.74) is 3.01. The van der Waals surface area contributed by atoms with E-state index in [2.05, 4.69) is 41.5 Å². The summed E-state index contributed by atoms with van der Waals surface area (Å²) in [6.07, 6.45) is 0.944. The first-order valence-corrected chi connectivity index (χ1v) is 6.47. The van der Waals surface area contributed by atoms with Gasteiger partial charge in [-0.2, -0.15) is 4.98 Å². The summed E-state index contributed by atoms with van der Waals surface area (Å²) in [5, 5.41) is 3.30. The summed E-state index contributed by atoms with van der Waals surface area (Å²) in [4.78, 5) is 4.42. The number of oxazole rings is 1. The van der Waals surface area contributed by atoms with Crippen LogP contribution in [0.4, 0.5) is 6.01 Å². The fourth-order valence-corrected chi connectivity index (χ4v) is 2.16. The lowest BCUT2D eigenvalue weighted by atomic mass is 10.1. The standard InChI is InChI=1S/C16H16N2O/c1-12(11-13-7-3-2-4-8-13)17-16-18-14-9-5-6-10-15(14)19-16/h2-10,12H,11H2,1H3,(H,17,18). The number of anilines is 1. The topological polar surface area (TPSA) is 38.1 Å². The monoisotopic (exact) mass is 252 g/mol. The zero-order valence-electron chi connectivity index (χ0n) is 10.8. The molecule has 0 fully saturated rings. The minimum absolute atomic E-state index is 0.274. The van der Waals surface area contributed by atoms with E-state index < -0.39 is 0 Å². The van der Waals surface area contributed by atoms with Gasteiger partial charge in [-0.3, -0.25) is 0 Å². The third kappa shape index (κ3) is 2.76. The molecule has 0 saturated heterocycles. The molecule has 0 bridgehead atoms. The number of nitrogens with one attached hydrogen (secondary N) is 1. The number of benzene rings is 2. The van der Waals surface area contributed by atoms with Crippen molar-refractivity contribution in [3.63, 3.8) is 0 Å². The largest absolute Gasteiger partial charge is 0.424 e. The highest BCUT2D eigenvalue weighted by Gasteiger charge is 2.08. The van der Waals surface area contributed by atoms with E-state index in [1.54, 1.807) is 0 Å². The van der Waals surface area contributed by atoms with Gasteiger partial charge in [-0.1, -0.05) is 42.5 Å². The highest BCUT2D eigenvalue weighted by Crippen LogP contribution is 2.19. The molecule has 1 N–H and O–H groups in total. The number of para-hydroxylation sites is 2. The maximum atomic E-state index is 5.65. The highest BCUT2D eigenvalue weighted by molar-refractivity contribution is 5.74. The fourth-order valence-electron chi connectivity index (χ4n) is 2.16. The van der Waals surface area contributed by atoms with Crippen molar-refractivity contribution in [2.45, 2.75) is 19.4 Å². The molecule has 0 aliphatic heterocycles. The number of hydrogen-bond donors (Lipinski definition) is 1. The molecule has 0 radical (unpaired) electrons. The zero-order chi connectivity index (χ0) is 13.1. The van der Waals surface area contributed by atoms with Crippen LogP contribution >= 0.6 is 0 Å². The SMILES string of the molecule is CC(Cc1ccccc1)Nc1nc2ccccc2o1. The maximum absolute atomic E-state index is 5.65. The van der Waals surface area contributed by atoms with Crippen molar-refractivity contribution in [3.8, 4) is 0 Å². The number of aromatic nitrogens is 1. The van der Waals surface area contributed by atoms with E-state index in [0.29, 0.717) is 6.01 Å². The quantitative estimate of drug-likeness (QED) is 0.766. The molecule has 3 aromatic rings. The first-order chi connectivity index (χ1) is 9.31. The molecule has 3 nitrogen and oxygen atoms in total. The van der Waals surface area contributed by atoms with Crippen LogP contribution in [0.5, 0.6) is 0 Å². The van der Waals surface area contributed by atoms with Gasteiger partial charge in [0.1, 0.15) is 5.52 Å². The van der Waals surface area contributed by atoms with Gasteiger partial charge in [0, 0.05) is 6.04 Å². The van der Waals surface area contributed by atoms with Gasteiger partial charge < -0.3 is 9.73 Å². The minimum atomic E-state index is 0.274. The van der Waals surface area contributed by atoms with Crippen LogP contribution in [-0.2, 0) is 6.42 Å². The third-order valence-electron chi connectivity index (χ3n) is 3.05. The molecule has 2 aromatic carbocycles. The van der Waals surface area contributed by atoms with E-state index in [9.17, 15) is 0 Å². The molecule has 0 saturated carbocycles. The lowest BCUT2D eigenvalue weighted by Gasteiger charge is -2.11. The van der Waals surface area contributed by atoms with Gasteiger partial charge in [-0.25, -0.2) is 0 Å². The average Bonchev–Trinajstić information content (AvgIpc) is 2.81. The lowest BCUT2D eigenvalue weighted by molar-refractivity contribution is 0.599. The molecule has 3 heteroatoms. The number of rotatable bonds is 4. The van der Waals surface area contributed by atoms with E-state index in [-0.39, 0.29) is 6.04 Å². The Balaban J connectivity index is 1.70. The summed E-state index contributed by atoms with van der Waals surface area (Å²) in [7, 11) is 0. The Kier molecular flexibility index (Phi) is 3.19. The van der Waals surface area contributed by atoms with Crippen molar-refractivity contribution in [2.24, 2.45) is 0 Å². The molecule has 3 rings (SSSR count). The lowest BCUT2D eigenvalue weighted by Crippen LogP contribution is -2.18. The molecule has 1 aromatic heterocycles. The molecular formula is C16H16N2O. The van der Waals surface area contributed by atoms with Crippen LogP contribution in [0, 0.1) is 0 Å². The van der Waals surface area contributed by atoms with Crippen molar-refractivity contribution < 1.29 is 4.42 Å². The summed E-state index contributed by atoms with van der Waals surface area (Å²) < 4.78 is 5.65. The van der Waals surface area contributed by atoms with Gasteiger partial charge in [-0.05, 0) is 31.0 Å². The molecule has 0 aliphatic rings. The predicted molar refractivity (Wildman–Crippen MR) is 77.2 cm³/mol. The van der Waals surface area contributed by atoms with E-state index in [4.69, 9.17) is 4.42 Å². The second-order valence-corrected chi connectivity index (χ2v) is 4.72. The predicted octanol–water partition coefficient (Wildman–Crippen LogP) is 3.87. The highest BCUT2D eigenvalue weighted by atomic mass is 16.4. The molecule has 0 aliphatic carbocycles. The Bertz CT molecular complexity index is 628. The van der Waals surface area contributed by atoms with Crippen molar-refractivity contribution >= 4 is 17.1 Å². The first kappa shape index (κ1) is 11.8. The molecule has 96 valence electrons. The minimum Gasteiger partial charge on any atom is -0.424 e. The Morgan fingerprint density at radius 1 is 1.05 bits per heavy atom. The molecule has 1 heterocycles. The second kappa shape index (κ2) is 5.14. The van der Waals surface area contributed by atoms with Crippen LogP contribution in [0.1, 0.15) is 12.5 Å². The van der Waals surface area contributed by atoms with Crippen molar-refractivity contribution in [1.82, 2.24) is 4.98 Å². The third-order valence-corrected chi connectivity index (χ3v) is 3.05. The Labute approximate surface area is 112 Å². The van der Waals surface area contributed by atoms with E-state index >= 15 is 0 Å². The summed E-state index contributed by atoms with van der Waals surface area (Å²) in [5.74, 6) is 0. The second-order valence-electron chi connectivity index (χ2n) is 4.72. The van der Waals surface area contributed by atoms with E-state index in [1.807, 2.05) is 30.3 Å². The van der Waals surface area contributed by atoms with Crippen LogP contribution < -0.4 is 5.32 Å². The van der Waals surface area contributed by atoms with Gasteiger partial charge in [-0.15, -0.1) is 0 Å². The summed E-state index contributed by atoms with van der Waals surface area (Å²) >= 11 is 0. The van der Waals surface area contributed by atoms with Crippen LogP contribution in [0.25, 0.3) is 11.1 Å². The average molecular weight is 252 g/mol. The van der Waals surface area contributed by atoms with Gasteiger partial charge in [0.05, 0.1) is 0 Å². The zero-order valence-corrected chi connectivity index (χ0v) is 10.8. The van der Waals surface area contributed by atoms with Crippen molar-refractivity contribution in [3.05, 3.63) is 60.2 Å². The fraction of sp³-hybridized carbons (Fsp3) is 0.188. The van der Waals surface area contributed by atoms with Crippen LogP contribution in [-0.4, -0.2) is 11.0 Å². The van der Waals surface area contributed by atoms with Crippen LogP contribution in [0.3, 0.4) is 0 Å². The van der Waals surface area contributed by atoms with E-state index in [0.717, 1.165) is 17.5 Å². The molecule has 0 spiro atoms. The molecule has 1 atom stereocenters. The Morgan fingerprint density at radius 2 is 1.79 bits per heavy atom. The maximum Gasteiger partial charge on any atom is 0.295 e. The van der Waals surface area contributed by atoms with Crippen LogP contribution in [0.15, 0.2) is 59.0 Å². The molecule has 1 unspecified atom stereocenters. The summed E-state index contributed by atoms with van der Waals surface area (Å²) in [6, 6.07) is 19.0. The van der Waals surface area contributed by atoms with E-state index in [1.165, 1.54) is 5.56 Å². The van der Waals surface area contributed by atoms with Crippen molar-refractivity contribution in [1.29, 1.82) is 0 Å². The van der Waals surface area contributed by atoms with Gasteiger partial charge in [0.15, 0.2) is 5.58 Å². The van der Waals surface area contributed by atoms with Gasteiger partial charge in [0.2, 0.25) is 0 Å². The van der Waals surface area contributed by atoms with Crippen LogP contribution in [0.2, 0.25) is 0 Å². The number of nitrogens with zero attached hydrogens (tertiary/aromatic N) is 1. The van der Waals surface area contributed by atoms with Gasteiger partial charge in [0.25, 0.3) is 6.01 Å².